The number of rotatable bonds is 14. The molecule has 1 fully saturated rings. The highest BCUT2D eigenvalue weighted by Crippen LogP contribution is 2.48. The molecule has 16 nitrogen and oxygen atoms in total. The van der Waals surface area contributed by atoms with Crippen molar-refractivity contribution >= 4 is 27.6 Å². The van der Waals surface area contributed by atoms with Gasteiger partial charge in [-0.1, -0.05) is 13.8 Å². The molecule has 0 radical (unpaired) electrons. The van der Waals surface area contributed by atoms with Gasteiger partial charge in [0, 0.05) is 12.8 Å². The highest BCUT2D eigenvalue weighted by atomic mass is 31.2. The summed E-state index contributed by atoms with van der Waals surface area (Å²) in [6.07, 6.45) is -13.7. The maximum absolute atomic E-state index is 12.4. The van der Waals surface area contributed by atoms with Crippen LogP contribution in [0.2, 0.25) is 0 Å². The molecule has 35 heavy (non-hydrogen) atoms. The molecule has 18 heteroatoms. The third kappa shape index (κ3) is 10.9. The number of esters is 2. The van der Waals surface area contributed by atoms with Gasteiger partial charge in [0.1, 0.15) is 43.2 Å². The van der Waals surface area contributed by atoms with Crippen LogP contribution in [0.25, 0.3) is 0 Å². The number of ether oxygens (including phenoxy) is 2. The van der Waals surface area contributed by atoms with Crippen molar-refractivity contribution in [2.45, 2.75) is 82.3 Å². The minimum absolute atomic E-state index is 0.00563. The van der Waals surface area contributed by atoms with Crippen LogP contribution >= 0.6 is 15.6 Å². The first-order chi connectivity index (χ1) is 16.1. The quantitative estimate of drug-likeness (QED) is 0.0950. The van der Waals surface area contributed by atoms with Gasteiger partial charge in [-0.3, -0.25) is 23.2 Å². The Kier molecular flexibility index (Phi) is 12.9. The molecule has 0 aromatic carbocycles. The van der Waals surface area contributed by atoms with Gasteiger partial charge in [-0.05, 0) is 12.8 Å². The van der Waals surface area contributed by atoms with Crippen LogP contribution in [-0.4, -0.2) is 103 Å². The number of phosphoric acid groups is 2. The van der Waals surface area contributed by atoms with Crippen LogP contribution in [0.3, 0.4) is 0 Å². The lowest BCUT2D eigenvalue weighted by Gasteiger charge is -2.43. The van der Waals surface area contributed by atoms with Crippen molar-refractivity contribution < 1.29 is 76.9 Å². The molecule has 8 atom stereocenters. The Hall–Kier alpha value is -1.00. The maximum atomic E-state index is 12.4. The molecule has 0 bridgehead atoms. The van der Waals surface area contributed by atoms with E-state index in [4.69, 9.17) is 23.8 Å². The molecule has 1 saturated carbocycles. The zero-order chi connectivity index (χ0) is 27.0. The molecule has 0 saturated heterocycles. The molecule has 1 unspecified atom stereocenters. The molecule has 206 valence electrons. The molecule has 7 N–H and O–H groups in total. The Morgan fingerprint density at radius 2 is 1.29 bits per heavy atom. The first kappa shape index (κ1) is 32.0. The Morgan fingerprint density at radius 1 is 0.771 bits per heavy atom. The molecule has 1 rings (SSSR count). The summed E-state index contributed by atoms with van der Waals surface area (Å²) < 4.78 is 47.1. The summed E-state index contributed by atoms with van der Waals surface area (Å²) in [5.74, 6) is -1.33. The highest BCUT2D eigenvalue weighted by Gasteiger charge is 2.54. The van der Waals surface area contributed by atoms with E-state index in [1.165, 1.54) is 0 Å². The number of phosphoric ester groups is 2. The second-order valence-electron chi connectivity index (χ2n) is 7.65. The Morgan fingerprint density at radius 3 is 1.80 bits per heavy atom. The van der Waals surface area contributed by atoms with Gasteiger partial charge >= 0.3 is 27.6 Å². The molecule has 0 aromatic rings. The first-order valence-electron chi connectivity index (χ1n) is 10.6. The zero-order valence-corrected chi connectivity index (χ0v) is 20.8. The molecule has 0 spiro atoms. The average Bonchev–Trinajstić information content (AvgIpc) is 2.74. The average molecular weight is 554 g/mol. The summed E-state index contributed by atoms with van der Waals surface area (Å²) in [4.78, 5) is 51.3. The molecule has 0 amide bonds. The molecule has 1 aliphatic rings. The minimum atomic E-state index is -5.32. The van der Waals surface area contributed by atoms with Gasteiger partial charge < -0.3 is 44.6 Å². The SMILES string of the molecule is CCCC(=O)OC[C@H](COP(=O)(O)O[C@@H]1[C@H](O)[C@H](OP(=O)(O)O)[C@@H](O)[C@H](O)[C@H]1O)OC(=O)CCC. The van der Waals surface area contributed by atoms with Gasteiger partial charge in [-0.25, -0.2) is 9.13 Å². The number of aliphatic hydroxyl groups excluding tert-OH is 4. The minimum Gasteiger partial charge on any atom is -0.462 e. The first-order valence-corrected chi connectivity index (χ1v) is 13.6. The lowest BCUT2D eigenvalue weighted by molar-refractivity contribution is -0.216. The van der Waals surface area contributed by atoms with E-state index in [0.717, 1.165) is 0 Å². The topological polar surface area (TPSA) is 256 Å². The third-order valence-electron chi connectivity index (χ3n) is 4.62. The molecule has 0 heterocycles. The van der Waals surface area contributed by atoms with E-state index < -0.39 is 83.5 Å². The molecular formula is C17H32O16P2. The van der Waals surface area contributed by atoms with E-state index in [-0.39, 0.29) is 12.8 Å². The van der Waals surface area contributed by atoms with Crippen LogP contribution in [0.15, 0.2) is 0 Å². The summed E-state index contributed by atoms with van der Waals surface area (Å²) in [6, 6.07) is 0. The number of carbonyl (C=O) groups is 2. The predicted octanol–water partition coefficient (Wildman–Crippen LogP) is -1.52. The van der Waals surface area contributed by atoms with Crippen molar-refractivity contribution in [2.24, 2.45) is 0 Å². The van der Waals surface area contributed by atoms with Crippen LogP contribution in [0.1, 0.15) is 39.5 Å². The molecule has 1 aliphatic carbocycles. The molecule has 0 aromatic heterocycles. The fourth-order valence-corrected chi connectivity index (χ4v) is 4.52. The summed E-state index contributed by atoms with van der Waals surface area (Å²) in [6.45, 7) is 2.06. The van der Waals surface area contributed by atoms with Gasteiger partial charge in [-0.15, -0.1) is 0 Å². The predicted molar refractivity (Wildman–Crippen MR) is 112 cm³/mol. The van der Waals surface area contributed by atoms with Crippen molar-refractivity contribution in [3.05, 3.63) is 0 Å². The van der Waals surface area contributed by atoms with Crippen LogP contribution in [0.4, 0.5) is 0 Å². The second kappa shape index (κ2) is 14.1. The standard InChI is InChI=1S/C17H32O16P2/c1-3-5-10(18)29-7-9(31-11(19)6-4-2)8-30-35(27,28)33-17-14(22)12(20)13(21)16(15(17)23)32-34(24,25)26/h9,12-17,20-23H,3-8H2,1-2H3,(H,27,28)(H2,24,25,26)/t9-,12+,13+,14-,15-,16-,17+/m1/s1. The van der Waals surface area contributed by atoms with E-state index in [1.54, 1.807) is 13.8 Å². The monoisotopic (exact) mass is 554 g/mol. The maximum Gasteiger partial charge on any atom is 0.472 e. The Labute approximate surface area is 200 Å². The van der Waals surface area contributed by atoms with E-state index >= 15 is 0 Å². The van der Waals surface area contributed by atoms with Crippen molar-refractivity contribution in [3.63, 3.8) is 0 Å². The molecular weight excluding hydrogens is 522 g/mol. The highest BCUT2D eigenvalue weighted by molar-refractivity contribution is 7.47. The van der Waals surface area contributed by atoms with Gasteiger partial charge in [0.25, 0.3) is 0 Å². The Balaban J connectivity index is 2.90. The van der Waals surface area contributed by atoms with Gasteiger partial charge in [0.05, 0.1) is 6.61 Å². The Bertz CT molecular complexity index is 786. The van der Waals surface area contributed by atoms with Crippen LogP contribution < -0.4 is 0 Å². The van der Waals surface area contributed by atoms with Crippen molar-refractivity contribution in [1.82, 2.24) is 0 Å². The van der Waals surface area contributed by atoms with Crippen molar-refractivity contribution in [3.8, 4) is 0 Å². The van der Waals surface area contributed by atoms with Gasteiger partial charge in [-0.2, -0.15) is 0 Å². The fraction of sp³-hybridized carbons (Fsp3) is 0.882. The van der Waals surface area contributed by atoms with Crippen molar-refractivity contribution in [1.29, 1.82) is 0 Å². The lowest BCUT2D eigenvalue weighted by atomic mass is 9.85. The number of hydrogen-bond acceptors (Lipinski definition) is 13. The van der Waals surface area contributed by atoms with E-state index in [2.05, 4.69) is 9.05 Å². The summed E-state index contributed by atoms with van der Waals surface area (Å²) in [7, 11) is -10.5. The summed E-state index contributed by atoms with van der Waals surface area (Å²) in [5, 5.41) is 40.0. The van der Waals surface area contributed by atoms with Crippen LogP contribution in [-0.2, 0) is 41.8 Å². The zero-order valence-electron chi connectivity index (χ0n) is 19.0. The van der Waals surface area contributed by atoms with Gasteiger partial charge in [0.15, 0.2) is 6.10 Å². The number of hydrogen-bond donors (Lipinski definition) is 7. The third-order valence-corrected chi connectivity index (χ3v) is 6.12. The number of carbonyl (C=O) groups excluding carboxylic acids is 2. The van der Waals surface area contributed by atoms with Gasteiger partial charge in [0.2, 0.25) is 0 Å². The van der Waals surface area contributed by atoms with Crippen molar-refractivity contribution in [2.75, 3.05) is 13.2 Å². The fourth-order valence-electron chi connectivity index (χ4n) is 2.98. The smallest absolute Gasteiger partial charge is 0.462 e. The second-order valence-corrected chi connectivity index (χ2v) is 10.3. The largest absolute Gasteiger partial charge is 0.472 e. The summed E-state index contributed by atoms with van der Waals surface area (Å²) >= 11 is 0. The summed E-state index contributed by atoms with van der Waals surface area (Å²) in [5.41, 5.74) is 0. The van der Waals surface area contributed by atoms with Crippen LogP contribution in [0, 0.1) is 0 Å². The van der Waals surface area contributed by atoms with E-state index in [9.17, 15) is 44.0 Å². The normalized spacial score (nSPS) is 29.7. The van der Waals surface area contributed by atoms with E-state index in [1.807, 2.05) is 0 Å². The number of aliphatic hydroxyl groups is 4. The van der Waals surface area contributed by atoms with Crippen LogP contribution in [0.5, 0.6) is 0 Å². The molecule has 0 aliphatic heterocycles. The lowest BCUT2D eigenvalue weighted by Crippen LogP contribution is -2.64. The van der Waals surface area contributed by atoms with E-state index in [0.29, 0.717) is 12.8 Å².